The quantitative estimate of drug-likeness (QED) is 0.886. The lowest BCUT2D eigenvalue weighted by Gasteiger charge is -2.09. The van der Waals surface area contributed by atoms with Crippen molar-refractivity contribution < 1.29 is 13.9 Å². The number of aromatic nitrogens is 2. The minimum absolute atomic E-state index is 0.0619. The molecule has 1 atom stereocenters. The number of hydrogen-bond donors (Lipinski definition) is 1. The summed E-state index contributed by atoms with van der Waals surface area (Å²) >= 11 is 0. The van der Waals surface area contributed by atoms with E-state index in [1.807, 2.05) is 0 Å². The molecule has 0 radical (unpaired) electrons. The molecular formula is C12H10F2N2O. The van der Waals surface area contributed by atoms with Gasteiger partial charge < -0.3 is 5.11 Å². The van der Waals surface area contributed by atoms with Crippen molar-refractivity contribution in [1.82, 2.24) is 9.97 Å². The zero-order chi connectivity index (χ0) is 12.3. The highest BCUT2D eigenvalue weighted by Gasteiger charge is 2.14. The van der Waals surface area contributed by atoms with Crippen molar-refractivity contribution in [2.24, 2.45) is 0 Å². The van der Waals surface area contributed by atoms with Gasteiger partial charge in [-0.15, -0.1) is 0 Å². The van der Waals surface area contributed by atoms with Crippen LogP contribution in [0.25, 0.3) is 0 Å². The van der Waals surface area contributed by atoms with Crippen LogP contribution in [0.15, 0.2) is 36.7 Å². The monoisotopic (exact) mass is 236 g/mol. The smallest absolute Gasteiger partial charge is 0.157 e. The second kappa shape index (κ2) is 4.97. The zero-order valence-corrected chi connectivity index (χ0v) is 8.85. The molecule has 0 spiro atoms. The Labute approximate surface area is 96.8 Å². The predicted molar refractivity (Wildman–Crippen MR) is 57.1 cm³/mol. The first-order chi connectivity index (χ1) is 8.16. The fraction of sp³-hybridized carbons (Fsp3) is 0.167. The van der Waals surface area contributed by atoms with Gasteiger partial charge in [-0.1, -0.05) is 0 Å². The van der Waals surface area contributed by atoms with Crippen LogP contribution in [0.1, 0.15) is 17.5 Å². The molecule has 0 aliphatic heterocycles. The number of aliphatic hydroxyl groups excluding tert-OH is 1. The SMILES string of the molecule is OC(Cc1cc(F)ccc1F)c1ncccn1. The van der Waals surface area contributed by atoms with Crippen LogP contribution in [0.4, 0.5) is 8.78 Å². The van der Waals surface area contributed by atoms with Crippen molar-refractivity contribution in [3.8, 4) is 0 Å². The maximum absolute atomic E-state index is 13.3. The molecule has 0 amide bonds. The number of aliphatic hydroxyl groups is 1. The molecule has 0 saturated heterocycles. The van der Waals surface area contributed by atoms with E-state index in [0.717, 1.165) is 18.2 Å². The lowest BCUT2D eigenvalue weighted by molar-refractivity contribution is 0.167. The topological polar surface area (TPSA) is 46.0 Å². The van der Waals surface area contributed by atoms with Crippen molar-refractivity contribution in [2.45, 2.75) is 12.5 Å². The van der Waals surface area contributed by atoms with Crippen LogP contribution < -0.4 is 0 Å². The molecule has 0 saturated carbocycles. The molecule has 0 aliphatic rings. The number of hydrogen-bond acceptors (Lipinski definition) is 3. The first-order valence-electron chi connectivity index (χ1n) is 5.05. The summed E-state index contributed by atoms with van der Waals surface area (Å²) in [7, 11) is 0. The van der Waals surface area contributed by atoms with Crippen LogP contribution in [0, 0.1) is 11.6 Å². The fourth-order valence-corrected chi connectivity index (χ4v) is 1.48. The predicted octanol–water partition coefficient (Wildman–Crippen LogP) is 2.03. The maximum Gasteiger partial charge on any atom is 0.157 e. The van der Waals surface area contributed by atoms with Crippen LogP contribution in [-0.4, -0.2) is 15.1 Å². The Balaban J connectivity index is 2.18. The molecule has 3 nitrogen and oxygen atoms in total. The van der Waals surface area contributed by atoms with E-state index < -0.39 is 17.7 Å². The summed E-state index contributed by atoms with van der Waals surface area (Å²) in [6.45, 7) is 0. The van der Waals surface area contributed by atoms with E-state index in [4.69, 9.17) is 0 Å². The van der Waals surface area contributed by atoms with Gasteiger partial charge in [0.05, 0.1) is 0 Å². The minimum Gasteiger partial charge on any atom is -0.385 e. The lowest BCUT2D eigenvalue weighted by atomic mass is 10.1. The number of halogens is 2. The average Bonchev–Trinajstić information content (AvgIpc) is 2.35. The van der Waals surface area contributed by atoms with Gasteiger partial charge in [0.25, 0.3) is 0 Å². The molecule has 2 aromatic rings. The van der Waals surface area contributed by atoms with E-state index in [9.17, 15) is 13.9 Å². The molecule has 17 heavy (non-hydrogen) atoms. The summed E-state index contributed by atoms with van der Waals surface area (Å²) in [4.78, 5) is 7.70. The number of benzene rings is 1. The van der Waals surface area contributed by atoms with Crippen LogP contribution in [-0.2, 0) is 6.42 Å². The second-order valence-electron chi connectivity index (χ2n) is 3.56. The van der Waals surface area contributed by atoms with Crippen molar-refractivity contribution in [1.29, 1.82) is 0 Å². The molecule has 0 aliphatic carbocycles. The van der Waals surface area contributed by atoms with Gasteiger partial charge in [-0.05, 0) is 29.8 Å². The Bertz CT molecular complexity index is 505. The van der Waals surface area contributed by atoms with E-state index in [0.29, 0.717) is 0 Å². The fourth-order valence-electron chi connectivity index (χ4n) is 1.48. The summed E-state index contributed by atoms with van der Waals surface area (Å²) in [6, 6.07) is 4.73. The van der Waals surface area contributed by atoms with Crippen molar-refractivity contribution in [3.63, 3.8) is 0 Å². The van der Waals surface area contributed by atoms with Crippen molar-refractivity contribution >= 4 is 0 Å². The molecule has 1 unspecified atom stereocenters. The largest absolute Gasteiger partial charge is 0.385 e. The average molecular weight is 236 g/mol. The maximum atomic E-state index is 13.3. The van der Waals surface area contributed by atoms with Crippen LogP contribution in [0.5, 0.6) is 0 Å². The van der Waals surface area contributed by atoms with E-state index >= 15 is 0 Å². The molecule has 1 aromatic carbocycles. The zero-order valence-electron chi connectivity index (χ0n) is 8.85. The third-order valence-electron chi connectivity index (χ3n) is 2.30. The summed E-state index contributed by atoms with van der Waals surface area (Å²) < 4.78 is 26.2. The minimum atomic E-state index is -1.05. The Morgan fingerprint density at radius 1 is 1.18 bits per heavy atom. The lowest BCUT2D eigenvalue weighted by Crippen LogP contribution is -2.07. The van der Waals surface area contributed by atoms with Gasteiger partial charge in [-0.25, -0.2) is 18.7 Å². The number of rotatable bonds is 3. The van der Waals surface area contributed by atoms with Gasteiger partial charge in [0.1, 0.15) is 17.7 Å². The second-order valence-corrected chi connectivity index (χ2v) is 3.56. The Kier molecular flexibility index (Phi) is 3.39. The molecule has 0 bridgehead atoms. The molecule has 88 valence electrons. The summed E-state index contributed by atoms with van der Waals surface area (Å²) in [6.07, 6.45) is 1.85. The van der Waals surface area contributed by atoms with Gasteiger partial charge in [0.15, 0.2) is 5.82 Å². The summed E-state index contributed by atoms with van der Waals surface area (Å²) in [5.74, 6) is -0.903. The molecule has 0 fully saturated rings. The first kappa shape index (κ1) is 11.6. The van der Waals surface area contributed by atoms with Gasteiger partial charge >= 0.3 is 0 Å². The molecule has 1 heterocycles. The Hall–Kier alpha value is -1.88. The highest BCUT2D eigenvalue weighted by molar-refractivity contribution is 5.20. The molecule has 1 N–H and O–H groups in total. The van der Waals surface area contributed by atoms with Crippen molar-refractivity contribution in [2.75, 3.05) is 0 Å². The van der Waals surface area contributed by atoms with Crippen LogP contribution >= 0.6 is 0 Å². The molecule has 5 heteroatoms. The standard InChI is InChI=1S/C12H10F2N2O/c13-9-2-3-10(14)8(6-9)7-11(17)12-15-4-1-5-16-12/h1-6,11,17H,7H2. The molecular weight excluding hydrogens is 226 g/mol. The van der Waals surface area contributed by atoms with Gasteiger partial charge in [-0.2, -0.15) is 0 Å². The third-order valence-corrected chi connectivity index (χ3v) is 2.30. The van der Waals surface area contributed by atoms with Gasteiger partial charge in [0, 0.05) is 18.8 Å². The van der Waals surface area contributed by atoms with Crippen LogP contribution in [0.2, 0.25) is 0 Å². The van der Waals surface area contributed by atoms with Crippen LogP contribution in [0.3, 0.4) is 0 Å². The van der Waals surface area contributed by atoms with Crippen molar-refractivity contribution in [3.05, 3.63) is 59.7 Å². The van der Waals surface area contributed by atoms with Gasteiger partial charge in [-0.3, -0.25) is 0 Å². The summed E-state index contributed by atoms with van der Waals surface area (Å²) in [5, 5.41) is 9.78. The highest BCUT2D eigenvalue weighted by atomic mass is 19.1. The van der Waals surface area contributed by atoms with Gasteiger partial charge in [0.2, 0.25) is 0 Å². The van der Waals surface area contributed by atoms with E-state index in [2.05, 4.69) is 9.97 Å². The molecule has 1 aromatic heterocycles. The molecule has 2 rings (SSSR count). The normalized spacial score (nSPS) is 12.4. The van der Waals surface area contributed by atoms with E-state index in [1.54, 1.807) is 6.07 Å². The van der Waals surface area contributed by atoms with E-state index in [-0.39, 0.29) is 17.8 Å². The Morgan fingerprint density at radius 2 is 1.88 bits per heavy atom. The highest BCUT2D eigenvalue weighted by Crippen LogP contribution is 2.17. The number of nitrogens with zero attached hydrogens (tertiary/aromatic N) is 2. The summed E-state index contributed by atoms with van der Waals surface area (Å²) in [5.41, 5.74) is 0.102. The third kappa shape index (κ3) is 2.82. The first-order valence-corrected chi connectivity index (χ1v) is 5.05. The Morgan fingerprint density at radius 3 is 2.59 bits per heavy atom. The van der Waals surface area contributed by atoms with E-state index in [1.165, 1.54) is 12.4 Å².